The molecule has 3 aromatic carbocycles. The van der Waals surface area contributed by atoms with E-state index in [0.717, 1.165) is 15.7 Å². The summed E-state index contributed by atoms with van der Waals surface area (Å²) in [6, 6.07) is 24.0. The first-order valence-corrected chi connectivity index (χ1v) is 9.23. The van der Waals surface area contributed by atoms with Gasteiger partial charge in [-0.25, -0.2) is 0 Å². The zero-order valence-corrected chi connectivity index (χ0v) is 15.3. The molecule has 2 aliphatic rings. The first-order chi connectivity index (χ1) is 12.7. The molecule has 1 aliphatic heterocycles. The zero-order chi connectivity index (χ0) is 17.9. The lowest BCUT2D eigenvalue weighted by molar-refractivity contribution is 0.0881. The summed E-state index contributed by atoms with van der Waals surface area (Å²) < 4.78 is 0.959. The molecule has 0 spiro atoms. The topological polar surface area (TPSA) is 37.1 Å². The van der Waals surface area contributed by atoms with Crippen LogP contribution < -0.4 is 4.90 Å². The Morgan fingerprint density at radius 1 is 0.769 bits per heavy atom. The molecule has 1 saturated heterocycles. The number of ketones is 2. The molecule has 0 amide bonds. The lowest BCUT2D eigenvalue weighted by Crippen LogP contribution is -2.35. The molecule has 126 valence electrons. The van der Waals surface area contributed by atoms with Crippen molar-refractivity contribution in [3.63, 3.8) is 0 Å². The lowest BCUT2D eigenvalue weighted by Gasteiger charge is -2.21. The fourth-order valence-corrected chi connectivity index (χ4v) is 4.42. The maximum absolute atomic E-state index is 13.6. The number of hydrogen-bond acceptors (Lipinski definition) is 3. The van der Waals surface area contributed by atoms with Crippen LogP contribution in [0.15, 0.2) is 83.3 Å². The van der Waals surface area contributed by atoms with Crippen molar-refractivity contribution in [2.24, 2.45) is 0 Å². The number of halogens is 1. The van der Waals surface area contributed by atoms with Crippen LogP contribution in [0.1, 0.15) is 26.3 Å². The highest BCUT2D eigenvalue weighted by molar-refractivity contribution is 9.10. The van der Waals surface area contributed by atoms with Gasteiger partial charge in [0.25, 0.3) is 0 Å². The van der Waals surface area contributed by atoms with Gasteiger partial charge in [-0.1, -0.05) is 70.5 Å². The molecule has 3 nitrogen and oxygen atoms in total. The normalized spacial score (nSPS) is 23.4. The van der Waals surface area contributed by atoms with Gasteiger partial charge in [0.1, 0.15) is 6.04 Å². The van der Waals surface area contributed by atoms with Crippen LogP contribution in [-0.2, 0) is 5.54 Å². The maximum atomic E-state index is 13.6. The van der Waals surface area contributed by atoms with Crippen LogP contribution in [0.25, 0.3) is 0 Å². The number of fused-ring (bicyclic) bond motifs is 2. The van der Waals surface area contributed by atoms with E-state index in [4.69, 9.17) is 0 Å². The van der Waals surface area contributed by atoms with E-state index in [0.29, 0.717) is 11.1 Å². The van der Waals surface area contributed by atoms with Crippen LogP contribution in [0.5, 0.6) is 0 Å². The smallest absolute Gasteiger partial charge is 0.196 e. The minimum atomic E-state index is -0.944. The van der Waals surface area contributed by atoms with Crippen molar-refractivity contribution in [3.8, 4) is 0 Å². The minimum Gasteiger partial charge on any atom is -0.339 e. The Bertz CT molecular complexity index is 1050. The largest absolute Gasteiger partial charge is 0.339 e. The Labute approximate surface area is 159 Å². The number of rotatable bonds is 2. The van der Waals surface area contributed by atoms with E-state index in [1.165, 1.54) is 0 Å². The minimum absolute atomic E-state index is 0.00646. The fourth-order valence-electron chi connectivity index (χ4n) is 4.16. The molecule has 2 unspecified atom stereocenters. The molecule has 0 saturated carbocycles. The third-order valence-corrected chi connectivity index (χ3v) is 5.85. The second-order valence-electron chi connectivity index (χ2n) is 6.62. The van der Waals surface area contributed by atoms with E-state index in [9.17, 15) is 9.59 Å². The van der Waals surface area contributed by atoms with Crippen molar-refractivity contribution in [1.29, 1.82) is 0 Å². The molecule has 0 N–H and O–H groups in total. The van der Waals surface area contributed by atoms with Crippen LogP contribution in [0.4, 0.5) is 5.69 Å². The fraction of sp³-hybridized carbons (Fsp3) is 0.0909. The van der Waals surface area contributed by atoms with Crippen LogP contribution >= 0.6 is 15.9 Å². The van der Waals surface area contributed by atoms with Crippen LogP contribution in [0, 0.1) is 0 Å². The van der Waals surface area contributed by atoms with Crippen molar-refractivity contribution >= 4 is 33.2 Å². The summed E-state index contributed by atoms with van der Waals surface area (Å²) in [6.45, 7) is 0. The van der Waals surface area contributed by atoms with Gasteiger partial charge in [-0.05, 0) is 29.8 Å². The molecule has 5 rings (SSSR count). The number of carbonyl (C=O) groups excluding carboxylic acids is 2. The van der Waals surface area contributed by atoms with Crippen molar-refractivity contribution in [2.75, 3.05) is 4.90 Å². The molecule has 1 heterocycles. The van der Waals surface area contributed by atoms with Crippen molar-refractivity contribution < 1.29 is 9.59 Å². The van der Waals surface area contributed by atoms with Gasteiger partial charge in [-0.3, -0.25) is 9.59 Å². The first-order valence-electron chi connectivity index (χ1n) is 8.44. The molecule has 0 bridgehead atoms. The van der Waals surface area contributed by atoms with E-state index in [2.05, 4.69) is 15.9 Å². The summed E-state index contributed by atoms with van der Waals surface area (Å²) in [6.07, 6.45) is 0. The number of anilines is 1. The van der Waals surface area contributed by atoms with Crippen LogP contribution in [0.2, 0.25) is 0 Å². The van der Waals surface area contributed by atoms with E-state index < -0.39 is 11.6 Å². The van der Waals surface area contributed by atoms with Crippen LogP contribution in [-0.4, -0.2) is 17.6 Å². The summed E-state index contributed by atoms with van der Waals surface area (Å²) >= 11 is 3.44. The van der Waals surface area contributed by atoms with Gasteiger partial charge in [0.15, 0.2) is 17.1 Å². The summed E-state index contributed by atoms with van der Waals surface area (Å²) in [4.78, 5) is 28.8. The molecule has 26 heavy (non-hydrogen) atoms. The predicted octanol–water partition coefficient (Wildman–Crippen LogP) is 4.61. The summed E-state index contributed by atoms with van der Waals surface area (Å²) in [5.74, 6) is -0.00112. The summed E-state index contributed by atoms with van der Waals surface area (Å²) in [5, 5.41) is 0. The van der Waals surface area contributed by atoms with E-state index in [1.54, 1.807) is 12.1 Å². The van der Waals surface area contributed by atoms with Gasteiger partial charge < -0.3 is 4.90 Å². The highest BCUT2D eigenvalue weighted by Crippen LogP contribution is 2.58. The second kappa shape index (κ2) is 5.39. The van der Waals surface area contributed by atoms with Gasteiger partial charge >= 0.3 is 0 Å². The van der Waals surface area contributed by atoms with Crippen molar-refractivity contribution in [3.05, 3.63) is 100 Å². The third kappa shape index (κ3) is 1.88. The standard InChI is InChI=1S/C22H14BrNO2/c23-15-10-12-16(13-11-15)24-20-19(25)17-8-4-5-9-18(17)21(26)22(20,24)14-6-2-1-3-7-14/h1-13,20H. The SMILES string of the molecule is O=C1c2ccccc2C(=O)C2(c3ccccc3)C1N2c1ccc(Br)cc1. The van der Waals surface area contributed by atoms with Gasteiger partial charge in [0.2, 0.25) is 0 Å². The Kier molecular flexibility index (Phi) is 3.22. The van der Waals surface area contributed by atoms with Gasteiger partial charge in [0.05, 0.1) is 0 Å². The van der Waals surface area contributed by atoms with Gasteiger partial charge in [-0.2, -0.15) is 0 Å². The molecule has 4 heteroatoms. The number of Topliss-reactive ketones (excluding diaryl/α,β-unsaturated/α-hetero) is 2. The first kappa shape index (κ1) is 15.5. The number of benzene rings is 3. The quantitative estimate of drug-likeness (QED) is 0.586. The zero-order valence-electron chi connectivity index (χ0n) is 13.7. The second-order valence-corrected chi connectivity index (χ2v) is 7.54. The number of nitrogens with zero attached hydrogens (tertiary/aromatic N) is 1. The molecule has 0 aromatic heterocycles. The van der Waals surface area contributed by atoms with E-state index >= 15 is 0 Å². The van der Waals surface area contributed by atoms with Crippen LogP contribution in [0.3, 0.4) is 0 Å². The van der Waals surface area contributed by atoms with E-state index in [1.807, 2.05) is 71.6 Å². The molecule has 3 aromatic rings. The number of hydrogen-bond donors (Lipinski definition) is 0. The number of carbonyl (C=O) groups is 2. The Morgan fingerprint density at radius 3 is 2.08 bits per heavy atom. The Balaban J connectivity index is 1.75. The molecular formula is C22H14BrNO2. The average molecular weight is 404 g/mol. The monoisotopic (exact) mass is 403 g/mol. The van der Waals surface area contributed by atoms with Gasteiger partial charge in [-0.15, -0.1) is 0 Å². The Morgan fingerprint density at radius 2 is 1.38 bits per heavy atom. The summed E-state index contributed by atoms with van der Waals surface area (Å²) in [7, 11) is 0. The summed E-state index contributed by atoms with van der Waals surface area (Å²) in [5.41, 5.74) is 1.82. The lowest BCUT2D eigenvalue weighted by atomic mass is 9.78. The predicted molar refractivity (Wildman–Crippen MR) is 104 cm³/mol. The molecule has 1 fully saturated rings. The highest BCUT2D eigenvalue weighted by atomic mass is 79.9. The maximum Gasteiger partial charge on any atom is 0.196 e. The van der Waals surface area contributed by atoms with E-state index in [-0.39, 0.29) is 11.6 Å². The molecule has 2 atom stereocenters. The molecular weight excluding hydrogens is 390 g/mol. The molecule has 1 aliphatic carbocycles. The average Bonchev–Trinajstić information content (AvgIpc) is 3.39. The van der Waals surface area contributed by atoms with Crippen molar-refractivity contribution in [1.82, 2.24) is 0 Å². The van der Waals surface area contributed by atoms with Gasteiger partial charge in [0, 0.05) is 21.3 Å². The van der Waals surface area contributed by atoms with Crippen molar-refractivity contribution in [2.45, 2.75) is 11.6 Å². The molecule has 0 radical (unpaired) electrons. The third-order valence-electron chi connectivity index (χ3n) is 5.32. The Hall–Kier alpha value is -2.72. The highest BCUT2D eigenvalue weighted by Gasteiger charge is 2.74.